The van der Waals surface area contributed by atoms with Crippen LogP contribution in [0.15, 0.2) is 0 Å². The van der Waals surface area contributed by atoms with Crippen LogP contribution in [0.5, 0.6) is 0 Å². The van der Waals surface area contributed by atoms with Crippen LogP contribution in [-0.2, 0) is 4.79 Å². The fourth-order valence-electron chi connectivity index (χ4n) is 3.38. The Morgan fingerprint density at radius 3 is 2.38 bits per heavy atom. The normalized spacial score (nSPS) is 22.2. The zero-order chi connectivity index (χ0) is 15.9. The van der Waals surface area contributed by atoms with E-state index >= 15 is 0 Å². The SMILES string of the molecule is CCCC(CCC)(C(=O)NC1CCCC1SCC)C(N)=S. The highest BCUT2D eigenvalue weighted by molar-refractivity contribution is 7.99. The Kier molecular flexibility index (Phi) is 8.03. The van der Waals surface area contributed by atoms with Gasteiger partial charge in [0, 0.05) is 11.3 Å². The number of nitrogens with one attached hydrogen (secondary N) is 1. The van der Waals surface area contributed by atoms with Crippen LogP contribution in [-0.4, -0.2) is 27.9 Å². The largest absolute Gasteiger partial charge is 0.392 e. The number of thioether (sulfide) groups is 1. The summed E-state index contributed by atoms with van der Waals surface area (Å²) in [4.78, 5) is 13.3. The van der Waals surface area contributed by atoms with Gasteiger partial charge in [0.15, 0.2) is 0 Å². The molecule has 0 bridgehead atoms. The minimum atomic E-state index is -0.650. The molecule has 5 heteroatoms. The summed E-state index contributed by atoms with van der Waals surface area (Å²) in [5.41, 5.74) is 5.33. The Hall–Kier alpha value is -0.290. The van der Waals surface area contributed by atoms with Crippen molar-refractivity contribution in [2.24, 2.45) is 11.1 Å². The molecular weight excluding hydrogens is 300 g/mol. The van der Waals surface area contributed by atoms with Crippen molar-refractivity contribution in [2.45, 2.75) is 77.0 Å². The molecule has 1 fully saturated rings. The maximum absolute atomic E-state index is 12.9. The van der Waals surface area contributed by atoms with E-state index in [9.17, 15) is 4.79 Å². The molecule has 122 valence electrons. The third kappa shape index (κ3) is 4.59. The Morgan fingerprint density at radius 1 is 1.29 bits per heavy atom. The molecule has 0 radical (unpaired) electrons. The molecule has 1 aliphatic rings. The zero-order valence-electron chi connectivity index (χ0n) is 13.6. The van der Waals surface area contributed by atoms with Crippen LogP contribution in [0, 0.1) is 5.41 Å². The van der Waals surface area contributed by atoms with Crippen molar-refractivity contribution in [3.63, 3.8) is 0 Å². The number of carbonyl (C=O) groups is 1. The third-order valence-electron chi connectivity index (χ3n) is 4.41. The van der Waals surface area contributed by atoms with E-state index in [0.29, 0.717) is 10.2 Å². The monoisotopic (exact) mass is 330 g/mol. The topological polar surface area (TPSA) is 55.1 Å². The van der Waals surface area contributed by atoms with E-state index in [1.54, 1.807) is 0 Å². The average molecular weight is 331 g/mol. The molecule has 1 rings (SSSR count). The molecule has 0 aromatic carbocycles. The van der Waals surface area contributed by atoms with Crippen LogP contribution in [0.1, 0.15) is 65.7 Å². The predicted octanol–water partition coefficient (Wildman–Crippen LogP) is 3.65. The van der Waals surface area contributed by atoms with Gasteiger partial charge < -0.3 is 11.1 Å². The second-order valence-electron chi connectivity index (χ2n) is 5.95. The molecule has 3 nitrogen and oxygen atoms in total. The van der Waals surface area contributed by atoms with Gasteiger partial charge in [-0.3, -0.25) is 4.79 Å². The molecule has 2 unspecified atom stereocenters. The lowest BCUT2D eigenvalue weighted by molar-refractivity contribution is -0.128. The van der Waals surface area contributed by atoms with Gasteiger partial charge >= 0.3 is 0 Å². The Bertz CT molecular complexity index is 354. The van der Waals surface area contributed by atoms with Crippen molar-refractivity contribution < 1.29 is 4.79 Å². The quantitative estimate of drug-likeness (QED) is 0.634. The van der Waals surface area contributed by atoms with E-state index < -0.39 is 5.41 Å². The fraction of sp³-hybridized carbons (Fsp3) is 0.875. The van der Waals surface area contributed by atoms with Crippen LogP contribution in [0.25, 0.3) is 0 Å². The number of amides is 1. The van der Waals surface area contributed by atoms with Crippen LogP contribution in [0.4, 0.5) is 0 Å². The lowest BCUT2D eigenvalue weighted by atomic mass is 9.78. The van der Waals surface area contributed by atoms with Crippen LogP contribution in [0.3, 0.4) is 0 Å². The summed E-state index contributed by atoms with van der Waals surface area (Å²) in [5.74, 6) is 1.16. The first-order valence-electron chi connectivity index (χ1n) is 8.24. The van der Waals surface area contributed by atoms with E-state index in [-0.39, 0.29) is 11.9 Å². The molecule has 2 atom stereocenters. The molecule has 0 aromatic heterocycles. The number of nitrogens with two attached hydrogens (primary N) is 1. The summed E-state index contributed by atoms with van der Waals surface area (Å²) < 4.78 is 0. The second kappa shape index (κ2) is 8.99. The second-order valence-corrected chi connectivity index (χ2v) is 7.91. The van der Waals surface area contributed by atoms with Gasteiger partial charge in [0.05, 0.1) is 10.4 Å². The van der Waals surface area contributed by atoms with Gasteiger partial charge in [-0.25, -0.2) is 0 Å². The Morgan fingerprint density at radius 2 is 1.90 bits per heavy atom. The Balaban J connectivity index is 2.82. The standard InChI is InChI=1S/C16H30N2OS2/c1-4-10-16(11-5-2,14(17)20)15(19)18-12-8-7-9-13(12)21-6-3/h12-13H,4-11H2,1-3H3,(H2,17,20)(H,18,19). The molecule has 1 saturated carbocycles. The van der Waals surface area contributed by atoms with E-state index in [4.69, 9.17) is 18.0 Å². The van der Waals surface area contributed by atoms with Crippen LogP contribution < -0.4 is 11.1 Å². The van der Waals surface area contributed by atoms with Crippen molar-refractivity contribution >= 4 is 34.9 Å². The number of hydrogen-bond donors (Lipinski definition) is 2. The molecule has 0 aromatic rings. The van der Waals surface area contributed by atoms with Gasteiger partial charge in [0.25, 0.3) is 0 Å². The lowest BCUT2D eigenvalue weighted by Gasteiger charge is -2.33. The summed E-state index contributed by atoms with van der Waals surface area (Å²) in [6, 6.07) is 0.282. The maximum Gasteiger partial charge on any atom is 0.233 e. The van der Waals surface area contributed by atoms with Crippen molar-refractivity contribution in [3.05, 3.63) is 0 Å². The molecule has 1 aliphatic carbocycles. The van der Waals surface area contributed by atoms with Crippen molar-refractivity contribution in [3.8, 4) is 0 Å². The highest BCUT2D eigenvalue weighted by Gasteiger charge is 2.42. The van der Waals surface area contributed by atoms with Crippen molar-refractivity contribution in [2.75, 3.05) is 5.75 Å². The first-order valence-corrected chi connectivity index (χ1v) is 9.70. The number of carbonyl (C=O) groups excluding carboxylic acids is 1. The zero-order valence-corrected chi connectivity index (χ0v) is 15.2. The molecule has 0 heterocycles. The first-order chi connectivity index (χ1) is 10.0. The van der Waals surface area contributed by atoms with E-state index in [1.807, 2.05) is 11.8 Å². The van der Waals surface area contributed by atoms with Gasteiger partial charge in [0.2, 0.25) is 5.91 Å². The molecule has 21 heavy (non-hydrogen) atoms. The molecule has 0 aliphatic heterocycles. The summed E-state index contributed by atoms with van der Waals surface area (Å²) in [6.45, 7) is 6.35. The van der Waals surface area contributed by atoms with Crippen LogP contribution in [0.2, 0.25) is 0 Å². The molecule has 3 N–H and O–H groups in total. The minimum Gasteiger partial charge on any atom is -0.392 e. The molecular formula is C16H30N2OS2. The van der Waals surface area contributed by atoms with E-state index in [0.717, 1.165) is 37.9 Å². The van der Waals surface area contributed by atoms with Gasteiger partial charge in [0.1, 0.15) is 0 Å². The maximum atomic E-state index is 12.9. The van der Waals surface area contributed by atoms with Crippen LogP contribution >= 0.6 is 24.0 Å². The summed E-state index contributed by atoms with van der Waals surface area (Å²) >= 11 is 7.23. The lowest BCUT2D eigenvalue weighted by Crippen LogP contribution is -2.52. The number of rotatable bonds is 9. The number of thiocarbonyl (C=S) groups is 1. The van der Waals surface area contributed by atoms with Crippen molar-refractivity contribution in [1.82, 2.24) is 5.32 Å². The highest BCUT2D eigenvalue weighted by Crippen LogP contribution is 2.34. The highest BCUT2D eigenvalue weighted by atomic mass is 32.2. The van der Waals surface area contributed by atoms with E-state index in [2.05, 4.69) is 26.1 Å². The minimum absolute atomic E-state index is 0.0623. The smallest absolute Gasteiger partial charge is 0.233 e. The molecule has 0 saturated heterocycles. The summed E-state index contributed by atoms with van der Waals surface area (Å²) in [5, 5.41) is 3.83. The van der Waals surface area contributed by atoms with Gasteiger partial charge in [-0.05, 0) is 31.4 Å². The van der Waals surface area contributed by atoms with Gasteiger partial charge in [-0.2, -0.15) is 11.8 Å². The van der Waals surface area contributed by atoms with E-state index in [1.165, 1.54) is 12.8 Å². The molecule has 1 amide bonds. The Labute approximate surface area is 139 Å². The summed E-state index contributed by atoms with van der Waals surface area (Å²) in [7, 11) is 0. The van der Waals surface area contributed by atoms with Crippen molar-refractivity contribution in [1.29, 1.82) is 0 Å². The molecule has 0 spiro atoms. The van der Waals surface area contributed by atoms with Gasteiger partial charge in [-0.15, -0.1) is 0 Å². The average Bonchev–Trinajstić information content (AvgIpc) is 2.85. The third-order valence-corrected chi connectivity index (χ3v) is 6.13. The fourth-order valence-corrected chi connectivity index (χ4v) is 4.87. The summed E-state index contributed by atoms with van der Waals surface area (Å²) in [6.07, 6.45) is 6.82. The van der Waals surface area contributed by atoms with Gasteiger partial charge in [-0.1, -0.05) is 52.3 Å². The number of hydrogen-bond acceptors (Lipinski definition) is 3. The first kappa shape index (κ1) is 18.8. The predicted molar refractivity (Wildman–Crippen MR) is 96.7 cm³/mol.